The molecule has 2 aliphatic heterocycles. The van der Waals surface area contributed by atoms with E-state index in [0.717, 1.165) is 134 Å². The lowest BCUT2D eigenvalue weighted by atomic mass is 9.33. The highest BCUT2D eigenvalue weighted by molar-refractivity contribution is 7.02. The topological polar surface area (TPSA) is 59.0 Å². The van der Waals surface area contributed by atoms with Crippen LogP contribution in [-0.4, -0.2) is 6.71 Å². The Kier molecular flexibility index (Phi) is 8.70. The number of para-hydroxylation sites is 2. The van der Waals surface area contributed by atoms with Gasteiger partial charge in [-0.1, -0.05) is 96.1 Å². The Morgan fingerprint density at radius 1 is 0.406 bits per heavy atom. The van der Waals surface area contributed by atoms with Crippen molar-refractivity contribution < 1.29 is 17.7 Å². The van der Waals surface area contributed by atoms with Crippen LogP contribution in [0.1, 0.15) is 74.9 Å². The molecule has 0 unspecified atom stereocenters. The van der Waals surface area contributed by atoms with Crippen LogP contribution < -0.4 is 26.2 Å². The molecular formula is C62H53BN2O4. The maximum Gasteiger partial charge on any atom is 0.262 e. The van der Waals surface area contributed by atoms with Gasteiger partial charge in [-0.3, -0.25) is 9.80 Å². The molecule has 13 rings (SSSR count). The van der Waals surface area contributed by atoms with Gasteiger partial charge >= 0.3 is 0 Å². The minimum absolute atomic E-state index is 0.0849. The zero-order valence-corrected chi connectivity index (χ0v) is 40.9. The Morgan fingerprint density at radius 2 is 0.812 bits per heavy atom. The van der Waals surface area contributed by atoms with Crippen LogP contribution in [0.5, 0.6) is 0 Å². The molecule has 0 fully saturated rings. The first-order valence-corrected chi connectivity index (χ1v) is 24.2. The fourth-order valence-electron chi connectivity index (χ4n) is 11.7. The third kappa shape index (κ3) is 6.05. The molecule has 6 heterocycles. The summed E-state index contributed by atoms with van der Waals surface area (Å²) in [5.74, 6) is 1.67. The van der Waals surface area contributed by atoms with Gasteiger partial charge in [0, 0.05) is 55.0 Å². The number of rotatable bonds is 4. The summed E-state index contributed by atoms with van der Waals surface area (Å²) >= 11 is 0. The normalized spacial score (nSPS) is 13.6. The van der Waals surface area contributed by atoms with Gasteiger partial charge in [0.1, 0.15) is 22.3 Å². The zero-order valence-electron chi connectivity index (χ0n) is 40.9. The van der Waals surface area contributed by atoms with Crippen molar-refractivity contribution in [1.82, 2.24) is 0 Å². The minimum atomic E-state index is -0.212. The fourth-order valence-corrected chi connectivity index (χ4v) is 11.7. The Bertz CT molecular complexity index is 3660. The highest BCUT2D eigenvalue weighted by atomic mass is 16.4. The van der Waals surface area contributed by atoms with E-state index in [1.54, 1.807) is 0 Å². The number of benzene rings is 7. The molecular weight excluding hydrogens is 848 g/mol. The van der Waals surface area contributed by atoms with Crippen molar-refractivity contribution in [2.75, 3.05) is 9.80 Å². The highest BCUT2D eigenvalue weighted by Crippen LogP contribution is 2.51. The lowest BCUT2D eigenvalue weighted by molar-refractivity contribution is 0.589. The van der Waals surface area contributed by atoms with Gasteiger partial charge in [-0.25, -0.2) is 0 Å². The van der Waals surface area contributed by atoms with Gasteiger partial charge in [-0.2, -0.15) is 0 Å². The Balaban J connectivity index is 1.11. The maximum absolute atomic E-state index is 7.32. The SMILES string of the molecule is Cc1cc(-c2coc3ccccc23)cc(C)c1N1c2cccc3c2B(c2c1oc1ccc(C(C)(C)C)cc21)c1c(oc2ccc(C(C)(C)C)cc12)N3c1c(C)cc(-c2coc3ccccc23)cc1C. The van der Waals surface area contributed by atoms with Crippen LogP contribution in [0.3, 0.4) is 0 Å². The number of nitrogens with zero attached hydrogens (tertiary/aromatic N) is 2. The molecule has 0 amide bonds. The van der Waals surface area contributed by atoms with Crippen molar-refractivity contribution in [2.45, 2.75) is 80.1 Å². The summed E-state index contributed by atoms with van der Waals surface area (Å²) in [6.45, 7) is 22.4. The lowest BCUT2D eigenvalue weighted by Crippen LogP contribution is -2.61. The molecule has 11 aromatic rings. The molecule has 2 aliphatic rings. The second-order valence-electron chi connectivity index (χ2n) is 21.6. The molecule has 7 aromatic carbocycles. The molecule has 0 N–H and O–H groups in total. The van der Waals surface area contributed by atoms with E-state index in [1.165, 1.54) is 16.6 Å². The third-order valence-electron chi connectivity index (χ3n) is 15.0. The van der Waals surface area contributed by atoms with Gasteiger partial charge in [-0.05, 0) is 161 Å². The van der Waals surface area contributed by atoms with Gasteiger partial charge in [-0.15, -0.1) is 0 Å². The Hall–Kier alpha value is -7.64. The van der Waals surface area contributed by atoms with E-state index in [2.05, 4.69) is 182 Å². The summed E-state index contributed by atoms with van der Waals surface area (Å²) in [4.78, 5) is 4.84. The van der Waals surface area contributed by atoms with E-state index in [0.29, 0.717) is 0 Å². The summed E-state index contributed by atoms with van der Waals surface area (Å²) in [6, 6.07) is 46.2. The van der Waals surface area contributed by atoms with E-state index in [4.69, 9.17) is 17.7 Å². The lowest BCUT2D eigenvalue weighted by Gasteiger charge is -2.41. The molecule has 4 aromatic heterocycles. The van der Waals surface area contributed by atoms with Crippen LogP contribution in [0.2, 0.25) is 0 Å². The van der Waals surface area contributed by atoms with Crippen LogP contribution >= 0.6 is 0 Å². The molecule has 69 heavy (non-hydrogen) atoms. The number of hydrogen-bond donors (Lipinski definition) is 0. The summed E-state index contributed by atoms with van der Waals surface area (Å²) in [7, 11) is 0. The molecule has 0 saturated carbocycles. The van der Waals surface area contributed by atoms with Crippen LogP contribution in [0.4, 0.5) is 34.5 Å². The molecule has 7 heteroatoms. The van der Waals surface area contributed by atoms with Gasteiger partial charge in [0.15, 0.2) is 0 Å². The number of anilines is 6. The standard InChI is InChI=1S/C62H53BN2O4/c1-34-26-38(46-32-66-50-20-13-11-16-42(46)50)27-35(2)57(34)64-48-18-15-19-49-56(48)63(54-44-30-40(61(5,6)7)22-24-52(44)68-59(54)64)55-45-31-41(62(8,9)10)23-25-53(45)69-60(55)65(49)58-36(3)28-39(29-37(58)4)47-33-67-51-21-14-12-17-43(47)51/h11-33H,1-10H3. The average molecular weight is 901 g/mol. The summed E-state index contributed by atoms with van der Waals surface area (Å²) in [6.07, 6.45) is 3.78. The van der Waals surface area contributed by atoms with Gasteiger partial charge in [0.2, 0.25) is 11.8 Å². The number of hydrogen-bond acceptors (Lipinski definition) is 6. The average Bonchev–Trinajstić information content (AvgIpc) is 4.12. The molecule has 0 atom stereocenters. The number of fused-ring (bicyclic) bond motifs is 10. The van der Waals surface area contributed by atoms with E-state index in [9.17, 15) is 0 Å². The van der Waals surface area contributed by atoms with Crippen LogP contribution in [-0.2, 0) is 10.8 Å². The minimum Gasteiger partial charge on any atom is -0.464 e. The van der Waals surface area contributed by atoms with Crippen LogP contribution in [0, 0.1) is 27.7 Å². The Labute approximate surface area is 402 Å². The van der Waals surface area contributed by atoms with E-state index in [1.807, 2.05) is 36.8 Å². The molecule has 0 aliphatic carbocycles. The maximum atomic E-state index is 7.32. The molecule has 0 radical (unpaired) electrons. The zero-order chi connectivity index (χ0) is 47.4. The first kappa shape index (κ1) is 41.5. The van der Waals surface area contributed by atoms with Crippen molar-refractivity contribution in [2.24, 2.45) is 0 Å². The molecule has 0 bridgehead atoms. The number of aryl methyl sites for hydroxylation is 4. The Morgan fingerprint density at radius 3 is 1.22 bits per heavy atom. The number of furan rings is 4. The molecule has 338 valence electrons. The first-order chi connectivity index (χ1) is 33.1. The van der Waals surface area contributed by atoms with Gasteiger partial charge in [0.25, 0.3) is 6.71 Å². The van der Waals surface area contributed by atoms with Gasteiger partial charge < -0.3 is 17.7 Å². The van der Waals surface area contributed by atoms with E-state index >= 15 is 0 Å². The molecule has 0 saturated heterocycles. The van der Waals surface area contributed by atoms with E-state index < -0.39 is 0 Å². The monoisotopic (exact) mass is 900 g/mol. The van der Waals surface area contributed by atoms with Crippen molar-refractivity contribution in [1.29, 1.82) is 0 Å². The predicted molar refractivity (Wildman–Crippen MR) is 287 cm³/mol. The van der Waals surface area contributed by atoms with Crippen molar-refractivity contribution in [3.63, 3.8) is 0 Å². The summed E-state index contributed by atoms with van der Waals surface area (Å²) in [5, 5.41) is 4.44. The molecule has 6 nitrogen and oxygen atoms in total. The summed E-state index contributed by atoms with van der Waals surface area (Å²) < 4.78 is 26.8. The smallest absolute Gasteiger partial charge is 0.262 e. The van der Waals surface area contributed by atoms with Crippen molar-refractivity contribution in [3.05, 3.63) is 173 Å². The molecule has 0 spiro atoms. The van der Waals surface area contributed by atoms with Crippen LogP contribution in [0.15, 0.2) is 158 Å². The second-order valence-corrected chi connectivity index (χ2v) is 21.6. The van der Waals surface area contributed by atoms with Crippen molar-refractivity contribution in [3.8, 4) is 22.3 Å². The van der Waals surface area contributed by atoms with Gasteiger partial charge in [0.05, 0.1) is 23.9 Å². The second kappa shape index (κ2) is 14.4. The van der Waals surface area contributed by atoms with Crippen LogP contribution in [0.25, 0.3) is 66.1 Å². The fraction of sp³-hybridized carbons (Fsp3) is 0.194. The van der Waals surface area contributed by atoms with Crippen molar-refractivity contribution >= 4 is 101 Å². The highest BCUT2D eigenvalue weighted by Gasteiger charge is 2.49. The first-order valence-electron chi connectivity index (χ1n) is 24.2. The quantitative estimate of drug-likeness (QED) is 0.164. The summed E-state index contributed by atoms with van der Waals surface area (Å²) in [5.41, 5.74) is 22.7. The third-order valence-corrected chi connectivity index (χ3v) is 15.0. The largest absolute Gasteiger partial charge is 0.464 e. The van der Waals surface area contributed by atoms with E-state index in [-0.39, 0.29) is 17.5 Å². The predicted octanol–water partition coefficient (Wildman–Crippen LogP) is 15.9.